The van der Waals surface area contributed by atoms with Gasteiger partial charge in [-0.15, -0.1) is 0 Å². The first kappa shape index (κ1) is 20.8. The fourth-order valence-corrected chi connectivity index (χ4v) is 4.55. The SMILES string of the molecule is CCCC1CC(N=CC(=CN)c2cnc3ccc(N4CC(C)NCC4C)cc3n2)C1. The largest absolute Gasteiger partial charge is 0.404 e. The summed E-state index contributed by atoms with van der Waals surface area (Å²) in [6.07, 6.45) is 10.2. The first-order chi connectivity index (χ1) is 14.6. The van der Waals surface area contributed by atoms with E-state index in [0.717, 1.165) is 41.3 Å². The van der Waals surface area contributed by atoms with Gasteiger partial charge in [-0.1, -0.05) is 19.8 Å². The Morgan fingerprint density at radius 1 is 1.30 bits per heavy atom. The summed E-state index contributed by atoms with van der Waals surface area (Å²) in [4.78, 5) is 16.7. The van der Waals surface area contributed by atoms with Crippen LogP contribution in [0.1, 0.15) is 52.1 Å². The van der Waals surface area contributed by atoms with Gasteiger partial charge in [0.2, 0.25) is 0 Å². The third kappa shape index (κ3) is 4.48. The van der Waals surface area contributed by atoms with Gasteiger partial charge in [-0.3, -0.25) is 9.98 Å². The van der Waals surface area contributed by atoms with Crippen molar-refractivity contribution < 1.29 is 0 Å². The lowest BCUT2D eigenvalue weighted by Crippen LogP contribution is -2.54. The third-order valence-corrected chi connectivity index (χ3v) is 6.43. The van der Waals surface area contributed by atoms with Gasteiger partial charge in [0.1, 0.15) is 0 Å². The minimum absolute atomic E-state index is 0.424. The first-order valence-electron chi connectivity index (χ1n) is 11.3. The molecule has 1 aliphatic heterocycles. The van der Waals surface area contributed by atoms with Crippen LogP contribution in [0.15, 0.2) is 35.6 Å². The molecule has 2 fully saturated rings. The lowest BCUT2D eigenvalue weighted by Gasteiger charge is -2.39. The van der Waals surface area contributed by atoms with E-state index in [1.165, 1.54) is 31.4 Å². The molecule has 1 aliphatic carbocycles. The number of piperazine rings is 1. The van der Waals surface area contributed by atoms with Crippen molar-refractivity contribution in [2.75, 3.05) is 18.0 Å². The molecule has 6 heteroatoms. The van der Waals surface area contributed by atoms with Gasteiger partial charge in [0.15, 0.2) is 0 Å². The van der Waals surface area contributed by atoms with Gasteiger partial charge in [-0.2, -0.15) is 0 Å². The number of benzene rings is 1. The van der Waals surface area contributed by atoms with Crippen molar-refractivity contribution in [2.45, 2.75) is 64.6 Å². The van der Waals surface area contributed by atoms with Crippen LogP contribution in [-0.4, -0.2) is 47.4 Å². The Hall–Kier alpha value is -2.47. The minimum atomic E-state index is 0.424. The number of fused-ring (bicyclic) bond motifs is 1. The minimum Gasteiger partial charge on any atom is -0.404 e. The summed E-state index contributed by atoms with van der Waals surface area (Å²) in [7, 11) is 0. The van der Waals surface area contributed by atoms with Gasteiger partial charge in [0.05, 0.1) is 29.0 Å². The molecule has 4 rings (SSSR count). The molecule has 2 unspecified atom stereocenters. The molecule has 6 nitrogen and oxygen atoms in total. The number of nitrogens with two attached hydrogens (primary N) is 1. The zero-order valence-electron chi connectivity index (χ0n) is 18.4. The summed E-state index contributed by atoms with van der Waals surface area (Å²) in [5.41, 5.74) is 10.5. The predicted octanol–water partition coefficient (Wildman–Crippen LogP) is 3.77. The van der Waals surface area contributed by atoms with Crippen molar-refractivity contribution >= 4 is 28.5 Å². The normalized spacial score (nSPS) is 27.6. The highest BCUT2D eigenvalue weighted by Gasteiger charge is 2.27. The van der Waals surface area contributed by atoms with Crippen LogP contribution < -0.4 is 16.0 Å². The summed E-state index contributed by atoms with van der Waals surface area (Å²) in [6, 6.07) is 7.69. The van der Waals surface area contributed by atoms with Gasteiger partial charge in [0.25, 0.3) is 0 Å². The second-order valence-corrected chi connectivity index (χ2v) is 8.92. The summed E-state index contributed by atoms with van der Waals surface area (Å²) in [5, 5.41) is 3.54. The molecule has 0 spiro atoms. The Bertz CT molecular complexity index is 930. The van der Waals surface area contributed by atoms with E-state index in [0.29, 0.717) is 18.1 Å². The number of aromatic nitrogens is 2. The Morgan fingerprint density at radius 2 is 2.13 bits per heavy atom. The lowest BCUT2D eigenvalue weighted by molar-refractivity contribution is 0.250. The zero-order chi connectivity index (χ0) is 21.1. The molecule has 30 heavy (non-hydrogen) atoms. The summed E-state index contributed by atoms with van der Waals surface area (Å²) in [6.45, 7) is 8.70. The van der Waals surface area contributed by atoms with Gasteiger partial charge in [-0.25, -0.2) is 4.98 Å². The number of nitrogens with zero attached hydrogens (tertiary/aromatic N) is 4. The number of hydrogen-bond donors (Lipinski definition) is 2. The molecule has 1 aromatic heterocycles. The Morgan fingerprint density at radius 3 is 2.90 bits per heavy atom. The number of aliphatic imine (C=N–C) groups is 1. The summed E-state index contributed by atoms with van der Waals surface area (Å²) < 4.78 is 0. The number of anilines is 1. The van der Waals surface area contributed by atoms with E-state index in [-0.39, 0.29) is 0 Å². The second-order valence-electron chi connectivity index (χ2n) is 8.92. The number of rotatable bonds is 6. The van der Waals surface area contributed by atoms with E-state index < -0.39 is 0 Å². The van der Waals surface area contributed by atoms with Crippen molar-refractivity contribution in [1.82, 2.24) is 15.3 Å². The van der Waals surface area contributed by atoms with Crippen molar-refractivity contribution in [2.24, 2.45) is 16.6 Å². The van der Waals surface area contributed by atoms with Gasteiger partial charge in [0, 0.05) is 48.8 Å². The molecule has 0 amide bonds. The molecule has 2 aromatic rings. The maximum absolute atomic E-state index is 5.91. The smallest absolute Gasteiger partial charge is 0.0922 e. The molecule has 160 valence electrons. The molecule has 0 radical (unpaired) electrons. The van der Waals surface area contributed by atoms with Crippen LogP contribution in [0, 0.1) is 5.92 Å². The maximum Gasteiger partial charge on any atom is 0.0922 e. The van der Waals surface area contributed by atoms with Crippen LogP contribution >= 0.6 is 0 Å². The number of hydrogen-bond acceptors (Lipinski definition) is 6. The van der Waals surface area contributed by atoms with E-state index in [9.17, 15) is 0 Å². The molecule has 1 saturated heterocycles. The van der Waals surface area contributed by atoms with Gasteiger partial charge in [-0.05, 0) is 50.8 Å². The quantitative estimate of drug-likeness (QED) is 0.714. The molecule has 1 saturated carbocycles. The molecule has 2 atom stereocenters. The molecular formula is C24H34N6. The monoisotopic (exact) mass is 406 g/mol. The number of allylic oxidation sites excluding steroid dienone is 1. The molecule has 1 aromatic carbocycles. The second kappa shape index (κ2) is 9.13. The van der Waals surface area contributed by atoms with Crippen LogP contribution in [0.3, 0.4) is 0 Å². The number of nitrogens with one attached hydrogen (secondary N) is 1. The topological polar surface area (TPSA) is 79.4 Å². The summed E-state index contributed by atoms with van der Waals surface area (Å²) >= 11 is 0. The van der Waals surface area contributed by atoms with E-state index in [1.54, 1.807) is 12.4 Å². The predicted molar refractivity (Wildman–Crippen MR) is 126 cm³/mol. The highest BCUT2D eigenvalue weighted by Crippen LogP contribution is 2.33. The van der Waals surface area contributed by atoms with Crippen LogP contribution in [0.2, 0.25) is 0 Å². The Kier molecular flexibility index (Phi) is 6.32. The highest BCUT2D eigenvalue weighted by molar-refractivity contribution is 6.09. The van der Waals surface area contributed by atoms with E-state index in [2.05, 4.69) is 54.2 Å². The fourth-order valence-electron chi connectivity index (χ4n) is 4.55. The van der Waals surface area contributed by atoms with Crippen molar-refractivity contribution in [3.05, 3.63) is 36.3 Å². The van der Waals surface area contributed by atoms with Crippen molar-refractivity contribution in [1.29, 1.82) is 0 Å². The average molecular weight is 407 g/mol. The zero-order valence-corrected chi connectivity index (χ0v) is 18.4. The highest BCUT2D eigenvalue weighted by atomic mass is 15.2. The Labute approximate surface area is 179 Å². The van der Waals surface area contributed by atoms with Crippen molar-refractivity contribution in [3.8, 4) is 0 Å². The first-order valence-corrected chi connectivity index (χ1v) is 11.3. The standard InChI is InChI=1S/C24H34N6/c1-4-5-18-8-20(9-18)27-13-19(11-25)24-14-28-22-7-6-21(10-23(22)29-24)30-15-16(2)26-12-17(30)3/h6-7,10-11,13-14,16-18,20,26H,4-5,8-9,12,15,25H2,1-3H3. The van der Waals surface area contributed by atoms with E-state index >= 15 is 0 Å². The van der Waals surface area contributed by atoms with Crippen LogP contribution in [-0.2, 0) is 0 Å². The van der Waals surface area contributed by atoms with Gasteiger partial charge >= 0.3 is 0 Å². The van der Waals surface area contributed by atoms with Crippen LogP contribution in [0.25, 0.3) is 16.6 Å². The average Bonchev–Trinajstić information content (AvgIpc) is 2.73. The van der Waals surface area contributed by atoms with Crippen molar-refractivity contribution in [3.63, 3.8) is 0 Å². The molecule has 3 N–H and O–H groups in total. The molecular weight excluding hydrogens is 372 g/mol. The molecule has 2 heterocycles. The van der Waals surface area contributed by atoms with E-state index in [4.69, 9.17) is 15.7 Å². The molecule has 0 bridgehead atoms. The summed E-state index contributed by atoms with van der Waals surface area (Å²) in [5.74, 6) is 0.844. The van der Waals surface area contributed by atoms with Gasteiger partial charge < -0.3 is 16.0 Å². The third-order valence-electron chi connectivity index (χ3n) is 6.43. The van der Waals surface area contributed by atoms with Crippen LogP contribution in [0.5, 0.6) is 0 Å². The Balaban J connectivity index is 1.53. The fraction of sp³-hybridized carbons (Fsp3) is 0.542. The van der Waals surface area contributed by atoms with Crippen LogP contribution in [0.4, 0.5) is 5.69 Å². The molecule has 2 aliphatic rings. The lowest BCUT2D eigenvalue weighted by atomic mass is 9.78. The maximum atomic E-state index is 5.91. The van der Waals surface area contributed by atoms with E-state index in [1.807, 2.05) is 6.21 Å².